The molecule has 0 unspecified atom stereocenters. The minimum absolute atomic E-state index is 0.104. The number of halogens is 1. The van der Waals surface area contributed by atoms with Crippen LogP contribution < -0.4 is 5.32 Å². The summed E-state index contributed by atoms with van der Waals surface area (Å²) in [5.41, 5.74) is 2.38. The van der Waals surface area contributed by atoms with E-state index in [2.05, 4.69) is 36.4 Å². The van der Waals surface area contributed by atoms with Crippen molar-refractivity contribution in [2.24, 2.45) is 0 Å². The molecule has 2 N–H and O–H groups in total. The number of carbonyl (C=O) groups is 1. The molecule has 0 bridgehead atoms. The summed E-state index contributed by atoms with van der Waals surface area (Å²) in [7, 11) is 0. The maximum Gasteiger partial charge on any atom is 0.253 e. The Hall–Kier alpha value is -2.67. The van der Waals surface area contributed by atoms with Gasteiger partial charge in [-0.05, 0) is 30.3 Å². The van der Waals surface area contributed by atoms with Crippen LogP contribution in [-0.4, -0.2) is 32.0 Å². The van der Waals surface area contributed by atoms with Gasteiger partial charge in [0.2, 0.25) is 0 Å². The van der Waals surface area contributed by atoms with Gasteiger partial charge in [-0.1, -0.05) is 22.0 Å². The number of hydrogen-bond donors (Lipinski definition) is 2. The van der Waals surface area contributed by atoms with Gasteiger partial charge in [0.25, 0.3) is 5.91 Å². The fourth-order valence-corrected chi connectivity index (χ4v) is 3.09. The van der Waals surface area contributed by atoms with E-state index >= 15 is 0 Å². The van der Waals surface area contributed by atoms with E-state index in [9.17, 15) is 4.79 Å². The molecule has 4 rings (SSSR count). The number of benzene rings is 1. The SMILES string of the molecule is O=C(NCCc1nnc2ccccn12)c1c[nH]c2ccc(Br)cc12. The smallest absolute Gasteiger partial charge is 0.253 e. The van der Waals surface area contributed by atoms with Crippen LogP contribution in [-0.2, 0) is 6.42 Å². The van der Waals surface area contributed by atoms with E-state index in [0.29, 0.717) is 18.5 Å². The van der Waals surface area contributed by atoms with Gasteiger partial charge in [0, 0.05) is 40.7 Å². The van der Waals surface area contributed by atoms with Gasteiger partial charge in [0.15, 0.2) is 5.65 Å². The van der Waals surface area contributed by atoms with Gasteiger partial charge in [-0.2, -0.15) is 0 Å². The van der Waals surface area contributed by atoms with Gasteiger partial charge in [-0.3, -0.25) is 9.20 Å². The second kappa shape index (κ2) is 6.09. The lowest BCUT2D eigenvalue weighted by Gasteiger charge is -2.04. The minimum Gasteiger partial charge on any atom is -0.360 e. The maximum atomic E-state index is 12.4. The summed E-state index contributed by atoms with van der Waals surface area (Å²) in [6.45, 7) is 0.495. The molecule has 4 aromatic rings. The number of pyridine rings is 1. The highest BCUT2D eigenvalue weighted by Crippen LogP contribution is 2.22. The number of carbonyl (C=O) groups excluding carboxylic acids is 1. The average Bonchev–Trinajstić information content (AvgIpc) is 3.19. The zero-order valence-electron chi connectivity index (χ0n) is 12.7. The quantitative estimate of drug-likeness (QED) is 0.568. The molecule has 3 aromatic heterocycles. The Morgan fingerprint density at radius 3 is 3.08 bits per heavy atom. The van der Waals surface area contributed by atoms with Crippen molar-refractivity contribution in [3.63, 3.8) is 0 Å². The van der Waals surface area contributed by atoms with Gasteiger partial charge in [0.05, 0.1) is 5.56 Å². The highest BCUT2D eigenvalue weighted by Gasteiger charge is 2.12. The van der Waals surface area contributed by atoms with E-state index in [-0.39, 0.29) is 5.91 Å². The predicted molar refractivity (Wildman–Crippen MR) is 95.0 cm³/mol. The van der Waals surface area contributed by atoms with Gasteiger partial charge >= 0.3 is 0 Å². The molecule has 0 aliphatic rings. The molecule has 7 heteroatoms. The third kappa shape index (κ3) is 2.67. The molecule has 3 heterocycles. The number of nitrogens with zero attached hydrogens (tertiary/aromatic N) is 3. The van der Waals surface area contributed by atoms with Crippen molar-refractivity contribution < 1.29 is 4.79 Å². The van der Waals surface area contributed by atoms with Crippen molar-refractivity contribution in [3.05, 3.63) is 64.7 Å². The van der Waals surface area contributed by atoms with Crippen molar-refractivity contribution in [1.29, 1.82) is 0 Å². The standard InChI is InChI=1S/C17H14BrN5O/c18-11-4-5-14-12(9-11)13(10-20-14)17(24)19-7-6-16-22-21-15-3-1-2-8-23(15)16/h1-5,8-10,20H,6-7H2,(H,19,24). The fourth-order valence-electron chi connectivity index (χ4n) is 2.73. The van der Waals surface area contributed by atoms with E-state index in [4.69, 9.17) is 0 Å². The first-order valence-electron chi connectivity index (χ1n) is 7.56. The highest BCUT2D eigenvalue weighted by molar-refractivity contribution is 9.10. The Labute approximate surface area is 146 Å². The molecule has 6 nitrogen and oxygen atoms in total. The van der Waals surface area contributed by atoms with E-state index < -0.39 is 0 Å². The highest BCUT2D eigenvalue weighted by atomic mass is 79.9. The molecule has 24 heavy (non-hydrogen) atoms. The molecule has 0 aliphatic carbocycles. The van der Waals surface area contributed by atoms with Crippen LogP contribution in [0.15, 0.2) is 53.3 Å². The first kappa shape index (κ1) is 14.9. The van der Waals surface area contributed by atoms with Crippen molar-refractivity contribution in [1.82, 2.24) is 24.9 Å². The van der Waals surface area contributed by atoms with Crippen molar-refractivity contribution >= 4 is 38.4 Å². The molecule has 0 saturated heterocycles. The monoisotopic (exact) mass is 383 g/mol. The number of aromatic nitrogens is 4. The Morgan fingerprint density at radius 1 is 1.25 bits per heavy atom. The second-order valence-corrected chi connectivity index (χ2v) is 6.36. The molecule has 1 amide bonds. The fraction of sp³-hybridized carbons (Fsp3) is 0.118. The van der Waals surface area contributed by atoms with E-state index in [0.717, 1.165) is 26.8 Å². The lowest BCUT2D eigenvalue weighted by atomic mass is 10.1. The first-order chi connectivity index (χ1) is 11.7. The van der Waals surface area contributed by atoms with Gasteiger partial charge in [-0.25, -0.2) is 0 Å². The van der Waals surface area contributed by atoms with Crippen LogP contribution in [0.25, 0.3) is 16.6 Å². The van der Waals surface area contributed by atoms with E-state index in [1.54, 1.807) is 6.20 Å². The maximum absolute atomic E-state index is 12.4. The van der Waals surface area contributed by atoms with E-state index in [1.807, 2.05) is 47.0 Å². The third-order valence-corrected chi connectivity index (χ3v) is 4.40. The van der Waals surface area contributed by atoms with Crippen molar-refractivity contribution in [2.75, 3.05) is 6.54 Å². The number of fused-ring (bicyclic) bond motifs is 2. The summed E-state index contributed by atoms with van der Waals surface area (Å²) in [5.74, 6) is 0.723. The van der Waals surface area contributed by atoms with Crippen LogP contribution in [0, 0.1) is 0 Å². The summed E-state index contributed by atoms with van der Waals surface area (Å²) in [4.78, 5) is 15.6. The average molecular weight is 384 g/mol. The lowest BCUT2D eigenvalue weighted by molar-refractivity contribution is 0.0955. The summed E-state index contributed by atoms with van der Waals surface area (Å²) in [6, 6.07) is 11.6. The first-order valence-corrected chi connectivity index (χ1v) is 8.35. The Kier molecular flexibility index (Phi) is 3.78. The second-order valence-electron chi connectivity index (χ2n) is 5.44. The normalized spacial score (nSPS) is 11.2. The van der Waals surface area contributed by atoms with Crippen LogP contribution >= 0.6 is 15.9 Å². The molecule has 0 saturated carbocycles. The molecule has 0 atom stereocenters. The topological polar surface area (TPSA) is 75.1 Å². The number of H-pyrrole nitrogens is 1. The van der Waals surface area contributed by atoms with Crippen LogP contribution in [0.1, 0.15) is 16.2 Å². The summed E-state index contributed by atoms with van der Waals surface area (Å²) < 4.78 is 2.87. The number of hydrogen-bond acceptors (Lipinski definition) is 3. The summed E-state index contributed by atoms with van der Waals surface area (Å²) in [5, 5.41) is 12.1. The molecular formula is C17H14BrN5O. The molecular weight excluding hydrogens is 370 g/mol. The molecule has 0 aliphatic heterocycles. The van der Waals surface area contributed by atoms with Crippen LogP contribution in [0.3, 0.4) is 0 Å². The predicted octanol–water partition coefficient (Wildman–Crippen LogP) is 2.95. The number of nitrogens with one attached hydrogen (secondary N) is 2. The lowest BCUT2D eigenvalue weighted by Crippen LogP contribution is -2.26. The minimum atomic E-state index is -0.104. The van der Waals surface area contributed by atoms with Gasteiger partial charge in [0.1, 0.15) is 5.82 Å². The zero-order valence-corrected chi connectivity index (χ0v) is 14.2. The van der Waals surface area contributed by atoms with Crippen LogP contribution in [0.4, 0.5) is 0 Å². The van der Waals surface area contributed by atoms with Crippen molar-refractivity contribution in [2.45, 2.75) is 6.42 Å². The third-order valence-electron chi connectivity index (χ3n) is 3.91. The van der Waals surface area contributed by atoms with Crippen LogP contribution in [0.5, 0.6) is 0 Å². The summed E-state index contributed by atoms with van der Waals surface area (Å²) in [6.07, 6.45) is 4.27. The number of amides is 1. The molecule has 1 aromatic carbocycles. The summed E-state index contributed by atoms with van der Waals surface area (Å²) >= 11 is 3.44. The molecule has 0 spiro atoms. The van der Waals surface area contributed by atoms with Crippen molar-refractivity contribution in [3.8, 4) is 0 Å². The van der Waals surface area contributed by atoms with Gasteiger partial charge < -0.3 is 10.3 Å². The van der Waals surface area contributed by atoms with Crippen LogP contribution in [0.2, 0.25) is 0 Å². The Bertz CT molecular complexity index is 1040. The Morgan fingerprint density at radius 2 is 2.17 bits per heavy atom. The van der Waals surface area contributed by atoms with E-state index in [1.165, 1.54) is 0 Å². The largest absolute Gasteiger partial charge is 0.360 e. The zero-order chi connectivity index (χ0) is 16.5. The molecule has 0 fully saturated rings. The Balaban J connectivity index is 1.47. The van der Waals surface area contributed by atoms with Gasteiger partial charge in [-0.15, -0.1) is 10.2 Å². The number of rotatable bonds is 4. The molecule has 120 valence electrons. The molecule has 0 radical (unpaired) electrons. The number of aromatic amines is 1.